The first-order valence-electron chi connectivity index (χ1n) is 7.51. The van der Waals surface area contributed by atoms with Crippen molar-refractivity contribution in [2.75, 3.05) is 18.8 Å². The Morgan fingerprint density at radius 2 is 1.65 bits per heavy atom. The first-order valence-corrected chi connectivity index (χ1v) is 7.89. The molecule has 0 spiro atoms. The van der Waals surface area contributed by atoms with Crippen molar-refractivity contribution < 1.29 is 0 Å². The molecule has 1 aromatic rings. The number of hydrogen-bond acceptors (Lipinski definition) is 3. The molecule has 0 saturated heterocycles. The molecular weight excluding hydrogens is 270 g/mol. The van der Waals surface area contributed by atoms with Gasteiger partial charge in [-0.25, -0.2) is 4.98 Å². The Labute approximate surface area is 128 Å². The zero-order valence-electron chi connectivity index (χ0n) is 13.2. The minimum Gasteiger partial charge on any atom is -0.384 e. The average molecular weight is 298 g/mol. The summed E-state index contributed by atoms with van der Waals surface area (Å²) in [4.78, 5) is 6.81. The fraction of sp³-hybridized carbons (Fsp3) is 0.688. The van der Waals surface area contributed by atoms with Crippen molar-refractivity contribution >= 4 is 17.4 Å². The quantitative estimate of drug-likeness (QED) is 0.781. The molecule has 0 saturated carbocycles. The van der Waals surface area contributed by atoms with Crippen molar-refractivity contribution in [3.63, 3.8) is 0 Å². The van der Waals surface area contributed by atoms with E-state index in [2.05, 4.69) is 37.6 Å². The first kappa shape index (κ1) is 17.3. The van der Waals surface area contributed by atoms with Crippen LogP contribution in [-0.2, 0) is 6.54 Å². The lowest BCUT2D eigenvalue weighted by Crippen LogP contribution is -2.28. The lowest BCUT2D eigenvalue weighted by molar-refractivity contribution is 0.233. The smallest absolute Gasteiger partial charge is 0.123 e. The Balaban J connectivity index is 2.68. The van der Waals surface area contributed by atoms with E-state index < -0.39 is 0 Å². The number of rotatable bonds is 8. The molecule has 4 heteroatoms. The summed E-state index contributed by atoms with van der Waals surface area (Å²) in [7, 11) is 0. The van der Waals surface area contributed by atoms with Gasteiger partial charge in [-0.1, -0.05) is 39.3 Å². The highest BCUT2D eigenvalue weighted by Gasteiger charge is 2.11. The average Bonchev–Trinajstić information content (AvgIpc) is 2.36. The van der Waals surface area contributed by atoms with Gasteiger partial charge in [0.15, 0.2) is 0 Å². The van der Waals surface area contributed by atoms with Crippen LogP contribution in [0.4, 0.5) is 5.82 Å². The highest BCUT2D eigenvalue weighted by molar-refractivity contribution is 6.31. The zero-order valence-corrected chi connectivity index (χ0v) is 14.0. The van der Waals surface area contributed by atoms with Gasteiger partial charge in [-0.2, -0.15) is 0 Å². The predicted octanol–water partition coefficient (Wildman–Crippen LogP) is 4.21. The fourth-order valence-electron chi connectivity index (χ4n) is 1.98. The number of anilines is 1. The Bertz CT molecular complexity index is 393. The molecule has 1 aromatic heterocycles. The van der Waals surface area contributed by atoms with Crippen LogP contribution >= 0.6 is 11.6 Å². The summed E-state index contributed by atoms with van der Waals surface area (Å²) in [5, 5.41) is 0.707. The molecule has 0 aliphatic heterocycles. The third-order valence-electron chi connectivity index (χ3n) is 3.36. The van der Waals surface area contributed by atoms with Gasteiger partial charge in [0.1, 0.15) is 5.82 Å². The molecule has 0 aliphatic carbocycles. The molecule has 114 valence electrons. The predicted molar refractivity (Wildman–Crippen MR) is 87.8 cm³/mol. The summed E-state index contributed by atoms with van der Waals surface area (Å²) in [6, 6.07) is 3.58. The normalized spacial score (nSPS) is 11.8. The van der Waals surface area contributed by atoms with Crippen LogP contribution in [-0.4, -0.2) is 23.0 Å². The SMILES string of the molecule is CC(C)CCN(CCC(C)C)Cc1nc(N)ccc1Cl. The molecule has 0 amide bonds. The van der Waals surface area contributed by atoms with Gasteiger partial charge >= 0.3 is 0 Å². The Hall–Kier alpha value is -0.800. The van der Waals surface area contributed by atoms with Crippen LogP contribution < -0.4 is 5.73 Å². The Morgan fingerprint density at radius 1 is 1.10 bits per heavy atom. The van der Waals surface area contributed by atoms with Gasteiger partial charge in [-0.05, 0) is 49.9 Å². The van der Waals surface area contributed by atoms with Crippen LogP contribution in [0, 0.1) is 11.8 Å². The maximum atomic E-state index is 6.22. The summed E-state index contributed by atoms with van der Waals surface area (Å²) >= 11 is 6.22. The van der Waals surface area contributed by atoms with Gasteiger partial charge in [0.25, 0.3) is 0 Å². The van der Waals surface area contributed by atoms with Gasteiger partial charge in [0, 0.05) is 6.54 Å². The lowest BCUT2D eigenvalue weighted by atomic mass is 10.1. The molecule has 1 rings (SSSR count). The fourth-order valence-corrected chi connectivity index (χ4v) is 2.14. The second-order valence-corrected chi connectivity index (χ2v) is 6.71. The molecular formula is C16H28ClN3. The molecule has 0 fully saturated rings. The van der Waals surface area contributed by atoms with E-state index in [0.717, 1.165) is 25.3 Å². The van der Waals surface area contributed by atoms with Crippen molar-refractivity contribution in [3.05, 3.63) is 22.8 Å². The molecule has 0 unspecified atom stereocenters. The highest BCUT2D eigenvalue weighted by Crippen LogP contribution is 2.18. The van der Waals surface area contributed by atoms with E-state index in [1.54, 1.807) is 6.07 Å². The number of nitrogen functional groups attached to an aromatic ring is 1. The third-order valence-corrected chi connectivity index (χ3v) is 3.70. The number of nitrogens with zero attached hydrogens (tertiary/aromatic N) is 2. The van der Waals surface area contributed by atoms with Crippen molar-refractivity contribution in [2.24, 2.45) is 11.8 Å². The number of hydrogen-bond donors (Lipinski definition) is 1. The molecule has 0 aromatic carbocycles. The van der Waals surface area contributed by atoms with Crippen molar-refractivity contribution in [3.8, 4) is 0 Å². The third kappa shape index (κ3) is 6.58. The van der Waals surface area contributed by atoms with E-state index in [4.69, 9.17) is 17.3 Å². The summed E-state index contributed by atoms with van der Waals surface area (Å²) in [6.45, 7) is 12.0. The van der Waals surface area contributed by atoms with E-state index >= 15 is 0 Å². The second-order valence-electron chi connectivity index (χ2n) is 6.31. The monoisotopic (exact) mass is 297 g/mol. The van der Waals surface area contributed by atoms with Gasteiger partial charge < -0.3 is 5.73 Å². The van der Waals surface area contributed by atoms with E-state index in [-0.39, 0.29) is 0 Å². The molecule has 1 heterocycles. The van der Waals surface area contributed by atoms with E-state index in [9.17, 15) is 0 Å². The number of halogens is 1. The molecule has 0 aliphatic rings. The van der Waals surface area contributed by atoms with E-state index in [0.29, 0.717) is 22.7 Å². The maximum Gasteiger partial charge on any atom is 0.123 e. The van der Waals surface area contributed by atoms with Crippen LogP contribution in [0.3, 0.4) is 0 Å². The number of aromatic nitrogens is 1. The standard InChI is InChI=1S/C16H28ClN3/c1-12(2)7-9-20(10-8-13(3)4)11-15-14(17)5-6-16(18)19-15/h5-6,12-13H,7-11H2,1-4H3,(H2,18,19). The van der Waals surface area contributed by atoms with Crippen molar-refractivity contribution in [1.29, 1.82) is 0 Å². The number of pyridine rings is 1. The summed E-state index contributed by atoms with van der Waals surface area (Å²) in [6.07, 6.45) is 2.38. The van der Waals surface area contributed by atoms with Crippen LogP contribution in [0.2, 0.25) is 5.02 Å². The molecule has 0 radical (unpaired) electrons. The largest absolute Gasteiger partial charge is 0.384 e. The zero-order chi connectivity index (χ0) is 15.1. The van der Waals surface area contributed by atoms with Crippen LogP contribution in [0.15, 0.2) is 12.1 Å². The minimum absolute atomic E-state index is 0.539. The topological polar surface area (TPSA) is 42.2 Å². The van der Waals surface area contributed by atoms with Gasteiger partial charge in [-0.15, -0.1) is 0 Å². The second kappa shape index (κ2) is 8.48. The van der Waals surface area contributed by atoms with Crippen LogP contribution in [0.5, 0.6) is 0 Å². The first-order chi connectivity index (χ1) is 9.38. The Kier molecular flexibility index (Phi) is 7.31. The van der Waals surface area contributed by atoms with Gasteiger partial charge in [0.05, 0.1) is 10.7 Å². The molecule has 0 atom stereocenters. The molecule has 3 nitrogen and oxygen atoms in total. The highest BCUT2D eigenvalue weighted by atomic mass is 35.5. The maximum absolute atomic E-state index is 6.22. The molecule has 20 heavy (non-hydrogen) atoms. The van der Waals surface area contributed by atoms with Crippen LogP contribution in [0.1, 0.15) is 46.2 Å². The van der Waals surface area contributed by atoms with E-state index in [1.807, 2.05) is 6.07 Å². The summed E-state index contributed by atoms with van der Waals surface area (Å²) in [5.41, 5.74) is 6.65. The van der Waals surface area contributed by atoms with Crippen molar-refractivity contribution in [2.45, 2.75) is 47.1 Å². The Morgan fingerprint density at radius 3 is 2.15 bits per heavy atom. The summed E-state index contributed by atoms with van der Waals surface area (Å²) < 4.78 is 0. The summed E-state index contributed by atoms with van der Waals surface area (Å²) in [5.74, 6) is 1.96. The van der Waals surface area contributed by atoms with E-state index in [1.165, 1.54) is 12.8 Å². The number of nitrogens with two attached hydrogens (primary N) is 1. The minimum atomic E-state index is 0.539. The van der Waals surface area contributed by atoms with Crippen molar-refractivity contribution in [1.82, 2.24) is 9.88 Å². The lowest BCUT2D eigenvalue weighted by Gasteiger charge is -2.24. The van der Waals surface area contributed by atoms with Gasteiger partial charge in [0.2, 0.25) is 0 Å². The molecule has 2 N–H and O–H groups in total. The van der Waals surface area contributed by atoms with Crippen LogP contribution in [0.25, 0.3) is 0 Å². The molecule has 0 bridgehead atoms. The van der Waals surface area contributed by atoms with Gasteiger partial charge in [-0.3, -0.25) is 4.90 Å².